The van der Waals surface area contributed by atoms with Crippen molar-refractivity contribution < 1.29 is 38.1 Å². The van der Waals surface area contributed by atoms with Gasteiger partial charge in [0.05, 0.1) is 0 Å². The molecule has 0 saturated heterocycles. The summed E-state index contributed by atoms with van der Waals surface area (Å²) in [7, 11) is 18.0. The highest BCUT2D eigenvalue weighted by molar-refractivity contribution is 7.17. The van der Waals surface area contributed by atoms with Gasteiger partial charge in [-0.15, -0.1) is 0 Å². The van der Waals surface area contributed by atoms with Crippen LogP contribution < -0.4 is 28.5 Å². The summed E-state index contributed by atoms with van der Waals surface area (Å²) in [6.45, 7) is 2.05. The Bertz CT molecular complexity index is 1360. The summed E-state index contributed by atoms with van der Waals surface area (Å²) in [6, 6.07) is 23.9. The van der Waals surface area contributed by atoms with Gasteiger partial charge in [-0.1, -0.05) is 36.4 Å². The maximum absolute atomic E-state index is 12.3. The largest absolute Gasteiger partial charge is 1.00 e. The van der Waals surface area contributed by atoms with E-state index in [1.807, 2.05) is 65.5 Å². The van der Waals surface area contributed by atoms with Gasteiger partial charge in [-0.3, -0.25) is 14.6 Å². The number of rotatable bonds is 4. The van der Waals surface area contributed by atoms with Gasteiger partial charge in [-0.2, -0.15) is 4.57 Å². The second-order valence-corrected chi connectivity index (χ2v) is 10.1. The highest BCUT2D eigenvalue weighted by Gasteiger charge is 2.15. The van der Waals surface area contributed by atoms with E-state index in [1.165, 1.54) is 54.4 Å². The lowest BCUT2D eigenvalue weighted by atomic mass is 9.40. The van der Waals surface area contributed by atoms with Crippen LogP contribution in [0.25, 0.3) is 0 Å². The lowest BCUT2D eigenvalue weighted by Crippen LogP contribution is -3.00. The van der Waals surface area contributed by atoms with Crippen LogP contribution >= 0.6 is 0 Å². The summed E-state index contributed by atoms with van der Waals surface area (Å²) in [5.74, 6) is 0.359. The summed E-state index contributed by atoms with van der Waals surface area (Å²) in [4.78, 5) is 27.2. The van der Waals surface area contributed by atoms with Crippen LogP contribution in [0.5, 0.6) is 0 Å². The summed E-state index contributed by atoms with van der Waals surface area (Å²) in [5, 5.41) is 0. The van der Waals surface area contributed by atoms with E-state index >= 15 is 0 Å². The number of pyridine rings is 2. The normalized spacial score (nSPS) is 11.7. The Kier molecular flexibility index (Phi) is 23.8. The van der Waals surface area contributed by atoms with Crippen molar-refractivity contribution in [2.75, 3.05) is 0 Å². The van der Waals surface area contributed by atoms with Gasteiger partial charge < -0.3 is 24.0 Å². The number of nitrogens with zero attached hydrogens (tertiary/aromatic N) is 2. The minimum atomic E-state index is 0. The fourth-order valence-corrected chi connectivity index (χ4v) is 4.97. The maximum Gasteiger partial charge on any atom is 0.227 e. The minimum absolute atomic E-state index is 0. The molecule has 0 N–H and O–H groups in total. The lowest BCUT2D eigenvalue weighted by Gasteiger charge is -2.15. The molecule has 6 rings (SSSR count). The molecule has 45 heavy (non-hydrogen) atoms. The third-order valence-corrected chi connectivity index (χ3v) is 7.10. The first-order valence-corrected chi connectivity index (χ1v) is 14.7. The molecule has 0 spiro atoms. The highest BCUT2D eigenvalue weighted by Crippen LogP contribution is 2.23. The molecule has 0 atom stereocenters. The molecule has 0 fully saturated rings. The van der Waals surface area contributed by atoms with Crippen LogP contribution in [0.1, 0.15) is 75.6 Å². The molecular formula is C34H37B6IN2O2. The Hall–Kier alpha value is -2.80. The molecule has 2 aliphatic rings. The van der Waals surface area contributed by atoms with Gasteiger partial charge in [-0.05, 0) is 105 Å². The van der Waals surface area contributed by atoms with E-state index in [-0.39, 0.29) is 44.0 Å². The zero-order valence-electron chi connectivity index (χ0n) is 26.2. The molecule has 0 amide bonds. The number of carbonyl (C=O) groups is 2. The quantitative estimate of drug-likeness (QED) is 0.140. The molecule has 2 heterocycles. The zero-order chi connectivity index (χ0) is 31.3. The van der Waals surface area contributed by atoms with Crippen molar-refractivity contribution >= 4 is 58.0 Å². The van der Waals surface area contributed by atoms with Crippen molar-refractivity contribution in [3.05, 3.63) is 131 Å². The fourth-order valence-electron chi connectivity index (χ4n) is 4.97. The molecule has 0 unspecified atom stereocenters. The van der Waals surface area contributed by atoms with Crippen LogP contribution in [-0.2, 0) is 32.2 Å². The fraction of sp³-hybridized carbons (Fsp3) is 0.294. The molecule has 0 bridgehead atoms. The molecule has 2 aromatic heterocycles. The molecule has 2 aliphatic carbocycles. The SMILES string of the molecule is CC(=O)c1ccc2c(c1)CCCC2.O=C(C[n+]1ccccc1)c1ccc2c(c1)CCCC2.[B].[B][B].[B][B][B].[I-].c1ccncc1. The van der Waals surface area contributed by atoms with E-state index in [0.717, 1.165) is 37.5 Å². The molecule has 0 aliphatic heterocycles. The number of hydrogen-bond acceptors (Lipinski definition) is 3. The number of hydrogen-bond donors (Lipinski definition) is 0. The van der Waals surface area contributed by atoms with Crippen LogP contribution in [0.4, 0.5) is 0 Å². The standard InChI is InChI=1S/C17H18NO.C12H14O.C5H5N.B3.B2.B.HI/c19-17(13-18-10-4-1-5-11-18)16-9-8-14-6-2-3-7-15(14)12-16;1-9(13)11-7-6-10-4-2-3-5-12(10)8-11;1-2-4-6-5-3-1;1-3-2;1-2;;/h1,4-5,8-12H,2-3,6-7,13H2;6-8H,2-5H2,1H3;1-5H;;;;1H/q+1;;;;;;/p-1. The number of aryl methyl sites for hydroxylation is 4. The molecule has 0 saturated carbocycles. The molecule has 11 heteroatoms. The van der Waals surface area contributed by atoms with E-state index in [4.69, 9.17) is 0 Å². The molecule has 220 valence electrons. The smallest absolute Gasteiger partial charge is 0.227 e. The number of benzene rings is 2. The van der Waals surface area contributed by atoms with Crippen LogP contribution in [0.2, 0.25) is 0 Å². The van der Waals surface area contributed by atoms with Gasteiger partial charge in [0.25, 0.3) is 0 Å². The molecule has 4 nitrogen and oxygen atoms in total. The molecule has 12 radical (unpaired) electrons. The molecule has 2 aromatic carbocycles. The van der Waals surface area contributed by atoms with Crippen molar-refractivity contribution in [2.24, 2.45) is 0 Å². The topological polar surface area (TPSA) is 50.9 Å². The first kappa shape index (κ1) is 42.2. The first-order valence-electron chi connectivity index (χ1n) is 14.7. The van der Waals surface area contributed by atoms with Crippen molar-refractivity contribution in [3.8, 4) is 0 Å². The Labute approximate surface area is 295 Å². The van der Waals surface area contributed by atoms with Crippen molar-refractivity contribution in [1.82, 2.24) is 4.98 Å². The van der Waals surface area contributed by atoms with Crippen molar-refractivity contribution in [2.45, 2.75) is 64.8 Å². The van der Waals surface area contributed by atoms with Gasteiger partial charge >= 0.3 is 0 Å². The number of Topliss-reactive ketones (excluding diaryl/α,β-unsaturated/α-hetero) is 2. The van der Waals surface area contributed by atoms with E-state index in [2.05, 4.69) is 60.2 Å². The Morgan fingerprint density at radius 2 is 1.13 bits per heavy atom. The predicted molar refractivity (Wildman–Crippen MR) is 186 cm³/mol. The number of ketones is 2. The number of halogens is 1. The highest BCUT2D eigenvalue weighted by atomic mass is 127. The van der Waals surface area contributed by atoms with E-state index in [1.54, 1.807) is 19.3 Å². The first-order chi connectivity index (χ1) is 21.0. The van der Waals surface area contributed by atoms with Gasteiger partial charge in [0.1, 0.15) is 0 Å². The molecule has 4 aromatic rings. The summed E-state index contributed by atoms with van der Waals surface area (Å²) in [6.07, 6.45) is 17.1. The summed E-state index contributed by atoms with van der Waals surface area (Å²) >= 11 is 0. The number of fused-ring (bicyclic) bond motifs is 2. The van der Waals surface area contributed by atoms with E-state index in [0.29, 0.717) is 6.54 Å². The maximum atomic E-state index is 12.3. The average Bonchev–Trinajstić information content (AvgIpc) is 3.07. The van der Waals surface area contributed by atoms with Gasteiger partial charge in [0, 0.05) is 82.1 Å². The van der Waals surface area contributed by atoms with E-state index in [9.17, 15) is 9.59 Å². The van der Waals surface area contributed by atoms with Crippen molar-refractivity contribution in [3.63, 3.8) is 0 Å². The number of carbonyl (C=O) groups excluding carboxylic acids is 2. The van der Waals surface area contributed by atoms with Crippen LogP contribution in [-0.4, -0.2) is 63.0 Å². The van der Waals surface area contributed by atoms with Gasteiger partial charge in [0.2, 0.25) is 12.3 Å². The second kappa shape index (κ2) is 25.4. The van der Waals surface area contributed by atoms with Gasteiger partial charge in [-0.25, -0.2) is 0 Å². The average molecular weight is 697 g/mol. The third-order valence-electron chi connectivity index (χ3n) is 7.10. The Morgan fingerprint density at radius 3 is 1.56 bits per heavy atom. The lowest BCUT2D eigenvalue weighted by molar-refractivity contribution is -0.683. The Balaban J connectivity index is 0.000000647. The van der Waals surface area contributed by atoms with E-state index < -0.39 is 0 Å². The monoisotopic (exact) mass is 698 g/mol. The van der Waals surface area contributed by atoms with Crippen LogP contribution in [0, 0.1) is 0 Å². The zero-order valence-corrected chi connectivity index (χ0v) is 28.3. The predicted octanol–water partition coefficient (Wildman–Crippen LogP) is 1.30. The van der Waals surface area contributed by atoms with Crippen molar-refractivity contribution in [1.29, 1.82) is 0 Å². The van der Waals surface area contributed by atoms with Gasteiger partial charge in [0.15, 0.2) is 18.2 Å². The number of aromatic nitrogens is 2. The summed E-state index contributed by atoms with van der Waals surface area (Å²) in [5.41, 5.74) is 7.33. The Morgan fingerprint density at radius 1 is 0.711 bits per heavy atom. The summed E-state index contributed by atoms with van der Waals surface area (Å²) < 4.78 is 1.92. The minimum Gasteiger partial charge on any atom is -1.00 e. The van der Waals surface area contributed by atoms with Crippen LogP contribution in [0.3, 0.4) is 0 Å². The third kappa shape index (κ3) is 15.8. The second-order valence-electron chi connectivity index (χ2n) is 10.1. The molecular weight excluding hydrogens is 660 g/mol. The van der Waals surface area contributed by atoms with Crippen LogP contribution in [0.15, 0.2) is 97.6 Å².